The zero-order valence-corrected chi connectivity index (χ0v) is 14.5. The number of thiazole rings is 1. The maximum Gasteiger partial charge on any atom is 0.268 e. The Labute approximate surface area is 147 Å². The standard InChI is InChI=1S/C18H16FN3O2S/c1-21-17(24)15(10-12-6-2-3-7-14(12)19)25-18(21)13(11-20)16(23)22-8-4-5-9-22/h2-3,6-7,10H,4-5,8-9H2,1H3/b15-10+,18-13-. The van der Waals surface area contributed by atoms with Crippen molar-refractivity contribution in [1.82, 2.24) is 9.47 Å². The molecule has 1 aliphatic rings. The van der Waals surface area contributed by atoms with E-state index >= 15 is 0 Å². The zero-order valence-electron chi connectivity index (χ0n) is 13.7. The molecule has 0 saturated carbocycles. The van der Waals surface area contributed by atoms with Crippen molar-refractivity contribution in [3.63, 3.8) is 0 Å². The van der Waals surface area contributed by atoms with E-state index in [2.05, 4.69) is 0 Å². The van der Waals surface area contributed by atoms with Gasteiger partial charge in [-0.3, -0.25) is 9.59 Å². The fraction of sp³-hybridized carbons (Fsp3) is 0.278. The molecule has 1 aromatic heterocycles. The lowest BCUT2D eigenvalue weighted by Crippen LogP contribution is -2.34. The summed E-state index contributed by atoms with van der Waals surface area (Å²) in [6.45, 7) is 1.25. The SMILES string of the molecule is Cn1c(=O)/c(=C\c2ccccc2F)s/c1=C(/C#N)C(=O)N1CCCC1. The lowest BCUT2D eigenvalue weighted by atomic mass is 10.2. The van der Waals surface area contributed by atoms with Gasteiger partial charge in [0, 0.05) is 25.7 Å². The van der Waals surface area contributed by atoms with Crippen LogP contribution < -0.4 is 14.8 Å². The normalized spacial score (nSPS) is 16.0. The quantitative estimate of drug-likeness (QED) is 0.795. The van der Waals surface area contributed by atoms with Crippen LogP contribution in [0.3, 0.4) is 0 Å². The van der Waals surface area contributed by atoms with Gasteiger partial charge in [-0.1, -0.05) is 18.2 Å². The minimum atomic E-state index is -0.433. The third-order valence-corrected chi connectivity index (χ3v) is 5.34. The first-order chi connectivity index (χ1) is 12.0. The Morgan fingerprint density at radius 2 is 2.00 bits per heavy atom. The first kappa shape index (κ1) is 17.1. The Hall–Kier alpha value is -2.72. The number of hydrogen-bond donors (Lipinski definition) is 0. The first-order valence-electron chi connectivity index (χ1n) is 7.88. The monoisotopic (exact) mass is 357 g/mol. The van der Waals surface area contributed by atoms with E-state index in [9.17, 15) is 19.2 Å². The average molecular weight is 357 g/mol. The van der Waals surface area contributed by atoms with Crippen LogP contribution in [0.5, 0.6) is 0 Å². The number of carbonyl (C=O) groups is 1. The van der Waals surface area contributed by atoms with Crippen LogP contribution in [-0.4, -0.2) is 28.5 Å². The number of benzene rings is 1. The molecule has 1 saturated heterocycles. The van der Waals surface area contributed by atoms with Gasteiger partial charge in [0.2, 0.25) is 0 Å². The summed E-state index contributed by atoms with van der Waals surface area (Å²) >= 11 is 1.03. The molecule has 7 heteroatoms. The Balaban J connectivity index is 2.18. The smallest absolute Gasteiger partial charge is 0.268 e. The van der Waals surface area contributed by atoms with Crippen LogP contribution in [0.15, 0.2) is 29.1 Å². The predicted molar refractivity (Wildman–Crippen MR) is 93.6 cm³/mol. The summed E-state index contributed by atoms with van der Waals surface area (Å²) < 4.78 is 15.7. The molecular formula is C18H16FN3O2S. The molecule has 0 unspecified atom stereocenters. The number of hydrogen-bond acceptors (Lipinski definition) is 4. The van der Waals surface area contributed by atoms with Crippen LogP contribution in [0.4, 0.5) is 4.39 Å². The molecule has 1 fully saturated rings. The minimum absolute atomic E-state index is 0.0420. The molecule has 25 heavy (non-hydrogen) atoms. The molecule has 0 N–H and O–H groups in total. The second kappa shape index (κ2) is 7.03. The Morgan fingerprint density at radius 3 is 2.64 bits per heavy atom. The number of likely N-dealkylation sites (tertiary alicyclic amines) is 1. The number of aromatic nitrogens is 1. The molecule has 2 aromatic rings. The molecule has 128 valence electrons. The molecule has 1 aromatic carbocycles. The summed E-state index contributed by atoms with van der Waals surface area (Å²) in [5.74, 6) is -0.786. The largest absolute Gasteiger partial charge is 0.338 e. The maximum atomic E-state index is 13.8. The number of nitrogens with zero attached hydrogens (tertiary/aromatic N) is 3. The van der Waals surface area contributed by atoms with Crippen LogP contribution in [0, 0.1) is 17.1 Å². The van der Waals surface area contributed by atoms with Gasteiger partial charge >= 0.3 is 0 Å². The number of carbonyl (C=O) groups excluding carboxylic acids is 1. The summed E-state index contributed by atoms with van der Waals surface area (Å²) in [5.41, 5.74) is -0.109. The molecule has 3 rings (SSSR count). The highest BCUT2D eigenvalue weighted by atomic mass is 32.1. The minimum Gasteiger partial charge on any atom is -0.338 e. The molecule has 1 aliphatic heterocycles. The highest BCUT2D eigenvalue weighted by molar-refractivity contribution is 7.07. The molecule has 0 bridgehead atoms. The fourth-order valence-electron chi connectivity index (χ4n) is 2.78. The third-order valence-electron chi connectivity index (χ3n) is 4.15. The Kier molecular flexibility index (Phi) is 4.81. The Morgan fingerprint density at radius 1 is 1.32 bits per heavy atom. The van der Waals surface area contributed by atoms with E-state index in [1.54, 1.807) is 23.1 Å². The zero-order chi connectivity index (χ0) is 18.0. The van der Waals surface area contributed by atoms with E-state index in [0.717, 1.165) is 24.2 Å². The van der Waals surface area contributed by atoms with Gasteiger partial charge in [-0.25, -0.2) is 4.39 Å². The molecule has 0 radical (unpaired) electrons. The van der Waals surface area contributed by atoms with Gasteiger partial charge in [0.25, 0.3) is 11.5 Å². The van der Waals surface area contributed by atoms with E-state index < -0.39 is 5.82 Å². The van der Waals surface area contributed by atoms with E-state index in [1.807, 2.05) is 6.07 Å². The van der Waals surface area contributed by atoms with Crippen molar-refractivity contribution in [2.24, 2.45) is 7.05 Å². The predicted octanol–water partition coefficient (Wildman–Crippen LogP) is 0.711. The number of halogens is 1. The van der Waals surface area contributed by atoms with Crippen molar-refractivity contribution in [2.45, 2.75) is 12.8 Å². The van der Waals surface area contributed by atoms with Gasteiger partial charge in [0.1, 0.15) is 16.5 Å². The number of nitriles is 1. The summed E-state index contributed by atoms with van der Waals surface area (Å²) in [4.78, 5) is 26.6. The second-order valence-corrected chi connectivity index (χ2v) is 6.82. The van der Waals surface area contributed by atoms with Gasteiger partial charge in [-0.05, 0) is 25.0 Å². The molecular weight excluding hydrogens is 341 g/mol. The van der Waals surface area contributed by atoms with Crippen LogP contribution in [0.1, 0.15) is 18.4 Å². The van der Waals surface area contributed by atoms with Crippen LogP contribution in [-0.2, 0) is 11.8 Å². The van der Waals surface area contributed by atoms with Crippen molar-refractivity contribution >= 4 is 28.9 Å². The highest BCUT2D eigenvalue weighted by Gasteiger charge is 2.23. The van der Waals surface area contributed by atoms with Crippen molar-refractivity contribution in [1.29, 1.82) is 5.26 Å². The molecule has 2 heterocycles. The van der Waals surface area contributed by atoms with Crippen LogP contribution >= 0.6 is 11.3 Å². The fourth-order valence-corrected chi connectivity index (χ4v) is 3.86. The van der Waals surface area contributed by atoms with Crippen LogP contribution in [0.25, 0.3) is 11.6 Å². The van der Waals surface area contributed by atoms with Crippen molar-refractivity contribution in [3.8, 4) is 6.07 Å². The molecule has 0 spiro atoms. The van der Waals surface area contributed by atoms with E-state index in [1.165, 1.54) is 23.8 Å². The first-order valence-corrected chi connectivity index (χ1v) is 8.70. The van der Waals surface area contributed by atoms with Crippen LogP contribution in [0.2, 0.25) is 0 Å². The third kappa shape index (κ3) is 3.26. The van der Waals surface area contributed by atoms with E-state index in [0.29, 0.717) is 17.8 Å². The lowest BCUT2D eigenvalue weighted by Gasteiger charge is -2.13. The molecule has 5 nitrogen and oxygen atoms in total. The van der Waals surface area contributed by atoms with Gasteiger partial charge in [-0.15, -0.1) is 11.3 Å². The van der Waals surface area contributed by atoms with Gasteiger partial charge in [-0.2, -0.15) is 5.26 Å². The summed E-state index contributed by atoms with van der Waals surface area (Å²) in [6, 6.07) is 8.07. The highest BCUT2D eigenvalue weighted by Crippen LogP contribution is 2.11. The molecule has 0 aliphatic carbocycles. The van der Waals surface area contributed by atoms with Gasteiger partial charge in [0.05, 0.1) is 4.53 Å². The Bertz CT molecular complexity index is 1040. The second-order valence-electron chi connectivity index (χ2n) is 5.79. The average Bonchev–Trinajstić information content (AvgIpc) is 3.23. The summed E-state index contributed by atoms with van der Waals surface area (Å²) in [5, 5.41) is 9.46. The maximum absolute atomic E-state index is 13.8. The van der Waals surface area contributed by atoms with Gasteiger partial charge < -0.3 is 9.47 Å². The molecule has 1 amide bonds. The number of amides is 1. The van der Waals surface area contributed by atoms with Crippen molar-refractivity contribution in [2.75, 3.05) is 13.1 Å². The topological polar surface area (TPSA) is 66.1 Å². The number of rotatable bonds is 2. The van der Waals surface area contributed by atoms with E-state index in [4.69, 9.17) is 0 Å². The summed E-state index contributed by atoms with van der Waals surface area (Å²) in [6.07, 6.45) is 3.28. The van der Waals surface area contributed by atoms with Crippen molar-refractivity contribution < 1.29 is 9.18 Å². The lowest BCUT2D eigenvalue weighted by molar-refractivity contribution is -0.123. The van der Waals surface area contributed by atoms with Crippen molar-refractivity contribution in [3.05, 3.63) is 55.2 Å². The van der Waals surface area contributed by atoms with Gasteiger partial charge in [0.15, 0.2) is 5.57 Å². The summed E-state index contributed by atoms with van der Waals surface area (Å²) in [7, 11) is 1.52. The molecule has 0 atom stereocenters. The van der Waals surface area contributed by atoms with E-state index in [-0.39, 0.29) is 27.1 Å².